The molecule has 1 saturated carbocycles. The van der Waals surface area contributed by atoms with E-state index in [-0.39, 0.29) is 28.6 Å². The van der Waals surface area contributed by atoms with Gasteiger partial charge in [0, 0.05) is 29.6 Å². The molecular formula is C16H17FN6O4S. The zero-order valence-corrected chi connectivity index (χ0v) is 15.2. The Kier molecular flexibility index (Phi) is 4.23. The lowest BCUT2D eigenvalue weighted by molar-refractivity contribution is -0.117. The van der Waals surface area contributed by atoms with Crippen LogP contribution in [-0.2, 0) is 14.6 Å². The van der Waals surface area contributed by atoms with Crippen molar-refractivity contribution in [1.82, 2.24) is 20.5 Å². The van der Waals surface area contributed by atoms with Crippen molar-refractivity contribution < 1.29 is 26.5 Å². The van der Waals surface area contributed by atoms with Crippen molar-refractivity contribution >= 4 is 39.0 Å². The first-order valence-corrected chi connectivity index (χ1v) is 9.81. The van der Waals surface area contributed by atoms with E-state index < -0.39 is 46.4 Å². The molecule has 2 heterocycles. The molecule has 2 aromatic rings. The minimum absolute atomic E-state index is 0.0785. The quantitative estimate of drug-likeness (QED) is 0.629. The van der Waals surface area contributed by atoms with Crippen LogP contribution in [0.15, 0.2) is 29.3 Å². The van der Waals surface area contributed by atoms with Crippen molar-refractivity contribution in [2.75, 3.05) is 23.9 Å². The van der Waals surface area contributed by atoms with Gasteiger partial charge in [0.25, 0.3) is 5.91 Å². The van der Waals surface area contributed by atoms with Crippen LogP contribution in [-0.4, -0.2) is 54.8 Å². The third kappa shape index (κ3) is 4.22. The molecular weight excluding hydrogens is 391 g/mol. The zero-order chi connectivity index (χ0) is 23.0. The van der Waals surface area contributed by atoms with E-state index >= 15 is 0 Å². The van der Waals surface area contributed by atoms with E-state index in [4.69, 9.17) is 4.11 Å². The van der Waals surface area contributed by atoms with Crippen molar-refractivity contribution in [3.8, 4) is 0 Å². The number of anilines is 3. The van der Waals surface area contributed by atoms with Crippen LogP contribution in [0.2, 0.25) is 0 Å². The molecule has 1 aliphatic carbocycles. The highest BCUT2D eigenvalue weighted by Gasteiger charge is 2.43. The monoisotopic (exact) mass is 411 g/mol. The Morgan fingerprint density at radius 2 is 2.11 bits per heavy atom. The van der Waals surface area contributed by atoms with Crippen LogP contribution in [0.5, 0.6) is 0 Å². The lowest BCUT2D eigenvalue weighted by atomic mass is 10.2. The molecule has 2 aromatic heterocycles. The number of halogens is 1. The SMILES string of the molecule is [2H]C([2H])([2H])NC(=O)c1nnc(NC(=O)[C@@H]2C[C@@H]2F)cc1Nc1ncccc1S(C)(=O)=O. The second kappa shape index (κ2) is 7.46. The van der Waals surface area contributed by atoms with Crippen molar-refractivity contribution in [3.05, 3.63) is 30.1 Å². The summed E-state index contributed by atoms with van der Waals surface area (Å²) >= 11 is 0. The summed E-state index contributed by atoms with van der Waals surface area (Å²) in [6.45, 7) is -2.83. The molecule has 148 valence electrons. The summed E-state index contributed by atoms with van der Waals surface area (Å²) in [7, 11) is -3.72. The second-order valence-corrected chi connectivity index (χ2v) is 8.02. The van der Waals surface area contributed by atoms with Gasteiger partial charge in [0.1, 0.15) is 16.9 Å². The molecule has 0 bridgehead atoms. The number of carbonyl (C=O) groups is 2. The fourth-order valence-electron chi connectivity index (χ4n) is 2.34. The summed E-state index contributed by atoms with van der Waals surface area (Å²) in [6, 6.07) is 3.80. The number of nitrogens with one attached hydrogen (secondary N) is 3. The molecule has 2 amide bonds. The number of rotatable bonds is 6. The lowest BCUT2D eigenvalue weighted by Gasteiger charge is -2.13. The van der Waals surface area contributed by atoms with Crippen LogP contribution in [0.4, 0.5) is 21.7 Å². The Hall–Kier alpha value is -3.15. The number of aromatic nitrogens is 3. The number of hydrogen-bond donors (Lipinski definition) is 3. The summed E-state index contributed by atoms with van der Waals surface area (Å²) in [6.07, 6.45) is 1.08. The van der Waals surface area contributed by atoms with Gasteiger partial charge in [0.05, 0.1) is 11.6 Å². The number of carbonyl (C=O) groups excluding carboxylic acids is 2. The van der Waals surface area contributed by atoms with E-state index in [2.05, 4.69) is 25.8 Å². The zero-order valence-electron chi connectivity index (χ0n) is 17.4. The van der Waals surface area contributed by atoms with Crippen LogP contribution in [0.3, 0.4) is 0 Å². The molecule has 1 fully saturated rings. The Morgan fingerprint density at radius 3 is 2.75 bits per heavy atom. The highest BCUT2D eigenvalue weighted by atomic mass is 32.2. The van der Waals surface area contributed by atoms with Crippen LogP contribution < -0.4 is 16.0 Å². The van der Waals surface area contributed by atoms with Gasteiger partial charge < -0.3 is 16.0 Å². The average molecular weight is 411 g/mol. The van der Waals surface area contributed by atoms with Gasteiger partial charge in [-0.1, -0.05) is 0 Å². The Balaban J connectivity index is 1.99. The van der Waals surface area contributed by atoms with Crippen molar-refractivity contribution in [1.29, 1.82) is 0 Å². The average Bonchev–Trinajstić information content (AvgIpc) is 3.37. The normalized spacial score (nSPS) is 20.3. The van der Waals surface area contributed by atoms with E-state index in [1.807, 2.05) is 0 Å². The Labute approximate surface area is 164 Å². The maximum Gasteiger partial charge on any atom is 0.273 e. The van der Waals surface area contributed by atoms with E-state index in [0.29, 0.717) is 0 Å². The van der Waals surface area contributed by atoms with Crippen molar-refractivity contribution in [2.24, 2.45) is 5.92 Å². The van der Waals surface area contributed by atoms with E-state index in [9.17, 15) is 22.4 Å². The summed E-state index contributed by atoms with van der Waals surface area (Å²) in [4.78, 5) is 28.1. The molecule has 3 N–H and O–H groups in total. The first kappa shape index (κ1) is 15.9. The molecule has 0 spiro atoms. The number of amides is 2. The minimum Gasteiger partial charge on any atom is -0.354 e. The molecule has 0 aliphatic heterocycles. The molecule has 10 nitrogen and oxygen atoms in total. The molecule has 1 aliphatic rings. The Morgan fingerprint density at radius 1 is 1.36 bits per heavy atom. The molecule has 0 radical (unpaired) electrons. The molecule has 0 unspecified atom stereocenters. The highest BCUT2D eigenvalue weighted by molar-refractivity contribution is 7.90. The van der Waals surface area contributed by atoms with Crippen molar-refractivity contribution in [3.63, 3.8) is 0 Å². The van der Waals surface area contributed by atoms with Gasteiger partial charge in [-0.05, 0) is 18.6 Å². The smallest absolute Gasteiger partial charge is 0.273 e. The van der Waals surface area contributed by atoms with Gasteiger partial charge in [0.2, 0.25) is 5.91 Å². The van der Waals surface area contributed by atoms with Gasteiger partial charge in [-0.3, -0.25) is 9.59 Å². The summed E-state index contributed by atoms with van der Waals surface area (Å²) in [5, 5.41) is 14.0. The second-order valence-electron chi connectivity index (χ2n) is 6.04. The lowest BCUT2D eigenvalue weighted by Crippen LogP contribution is -2.23. The van der Waals surface area contributed by atoms with E-state index in [1.54, 1.807) is 5.32 Å². The summed E-state index contributed by atoms with van der Waals surface area (Å²) in [5.74, 6) is -2.90. The van der Waals surface area contributed by atoms with Gasteiger partial charge in [-0.2, -0.15) is 0 Å². The molecule has 12 heteroatoms. The highest BCUT2D eigenvalue weighted by Crippen LogP contribution is 2.34. The van der Waals surface area contributed by atoms with E-state index in [0.717, 1.165) is 12.3 Å². The largest absolute Gasteiger partial charge is 0.354 e. The maximum atomic E-state index is 13.1. The van der Waals surface area contributed by atoms with Gasteiger partial charge >= 0.3 is 0 Å². The molecule has 28 heavy (non-hydrogen) atoms. The molecule has 3 rings (SSSR count). The molecule has 0 saturated heterocycles. The predicted molar refractivity (Wildman–Crippen MR) is 97.7 cm³/mol. The van der Waals surface area contributed by atoms with Crippen LogP contribution in [0, 0.1) is 5.92 Å². The van der Waals surface area contributed by atoms with Gasteiger partial charge in [-0.15, -0.1) is 10.2 Å². The predicted octanol–water partition coefficient (Wildman–Crippen LogP) is 0.675. The third-order valence-electron chi connectivity index (χ3n) is 3.85. The van der Waals surface area contributed by atoms with E-state index in [1.165, 1.54) is 18.3 Å². The summed E-state index contributed by atoms with van der Waals surface area (Å²) < 4.78 is 58.7. The van der Waals surface area contributed by atoms with Crippen molar-refractivity contribution in [2.45, 2.75) is 17.5 Å². The number of hydrogen-bond acceptors (Lipinski definition) is 8. The topological polar surface area (TPSA) is 143 Å². The number of sulfone groups is 1. The summed E-state index contributed by atoms with van der Waals surface area (Å²) in [5.41, 5.74) is -0.669. The standard InChI is InChI=1S/C16H17FN6O4S/c1-18-16(25)13-10(20-14-11(28(2,26)27)4-3-5-19-14)7-12(22-23-13)21-15(24)8-6-9(8)17/h3-5,7-9H,6H2,1-2H3,(H,18,25)(H2,19,20,21,22,24)/t8-,9+/m1/s1/i1D3. The minimum atomic E-state index is -3.72. The van der Waals surface area contributed by atoms with Crippen LogP contribution in [0.1, 0.15) is 21.0 Å². The maximum absolute atomic E-state index is 13.1. The van der Waals surface area contributed by atoms with Gasteiger partial charge in [-0.25, -0.2) is 17.8 Å². The van der Waals surface area contributed by atoms with Crippen LogP contribution >= 0.6 is 0 Å². The molecule has 0 aromatic carbocycles. The fraction of sp³-hybridized carbons (Fsp3) is 0.312. The van der Waals surface area contributed by atoms with Gasteiger partial charge in [0.15, 0.2) is 21.3 Å². The van der Waals surface area contributed by atoms with Crippen LogP contribution in [0.25, 0.3) is 0 Å². The first-order valence-electron chi connectivity index (χ1n) is 9.42. The first-order chi connectivity index (χ1) is 14.3. The fourth-order valence-corrected chi connectivity index (χ4v) is 3.12. The number of nitrogens with zero attached hydrogens (tertiary/aromatic N) is 3. The third-order valence-corrected chi connectivity index (χ3v) is 4.97. The molecule has 2 atom stereocenters. The Bertz CT molecular complexity index is 1140. The number of alkyl halides is 1. The number of pyridine rings is 1.